The Hall–Kier alpha value is -3.41. The molecule has 0 fully saturated rings. The van der Waals surface area contributed by atoms with Crippen LogP contribution in [0.5, 0.6) is 0 Å². The van der Waals surface area contributed by atoms with Crippen molar-refractivity contribution < 1.29 is 9.72 Å². The van der Waals surface area contributed by atoms with E-state index < -0.39 is 10.7 Å². The maximum Gasteiger partial charge on any atom is 0.269 e. The van der Waals surface area contributed by atoms with E-state index in [4.69, 9.17) is 0 Å². The van der Waals surface area contributed by atoms with Crippen LogP contribution in [0.4, 0.5) is 5.69 Å². The standard InChI is InChI=1S/C17H10N2O4/c20-16-10-9-15(18-14-4-2-1-3-13(14)16)17(21)11-5-7-12(8-6-11)19(22)23/h1-10H. The van der Waals surface area contributed by atoms with Gasteiger partial charge in [-0.05, 0) is 36.4 Å². The number of carbonyl (C=O) groups excluding carboxylic acids is 1. The van der Waals surface area contributed by atoms with E-state index in [-0.39, 0.29) is 22.4 Å². The molecular weight excluding hydrogens is 296 g/mol. The molecule has 1 heterocycles. The number of aromatic nitrogens is 1. The maximum absolute atomic E-state index is 12.5. The predicted octanol–water partition coefficient (Wildman–Crippen LogP) is 2.73. The van der Waals surface area contributed by atoms with Gasteiger partial charge >= 0.3 is 0 Å². The number of nitrogens with zero attached hydrogens (tertiary/aromatic N) is 2. The number of ketones is 1. The van der Waals surface area contributed by atoms with Crippen molar-refractivity contribution in [3.05, 3.63) is 92.3 Å². The van der Waals surface area contributed by atoms with Crippen LogP contribution in [-0.2, 0) is 0 Å². The second kappa shape index (κ2) is 5.76. The van der Waals surface area contributed by atoms with E-state index >= 15 is 0 Å². The molecule has 0 unspecified atom stereocenters. The molecule has 3 rings (SSSR count). The lowest BCUT2D eigenvalue weighted by atomic mass is 10.1. The molecule has 0 spiro atoms. The summed E-state index contributed by atoms with van der Waals surface area (Å²) in [5.74, 6) is -0.402. The number of hydrogen-bond acceptors (Lipinski definition) is 5. The summed E-state index contributed by atoms with van der Waals surface area (Å²) in [6.07, 6.45) is 0. The number of rotatable bonds is 3. The van der Waals surface area contributed by atoms with Gasteiger partial charge in [0.2, 0.25) is 5.78 Å². The average molecular weight is 306 g/mol. The van der Waals surface area contributed by atoms with Crippen LogP contribution < -0.4 is 5.43 Å². The van der Waals surface area contributed by atoms with Gasteiger partial charge in [-0.1, -0.05) is 12.1 Å². The van der Waals surface area contributed by atoms with Gasteiger partial charge in [0, 0.05) is 23.1 Å². The average Bonchev–Trinajstić information content (AvgIpc) is 2.74. The molecule has 0 aliphatic heterocycles. The largest absolute Gasteiger partial charge is 0.289 e. The number of fused-ring (bicyclic) bond motifs is 1. The smallest absolute Gasteiger partial charge is 0.269 e. The van der Waals surface area contributed by atoms with Gasteiger partial charge in [0.15, 0.2) is 5.43 Å². The molecule has 2 aromatic carbocycles. The molecule has 3 aromatic rings. The maximum atomic E-state index is 12.5. The minimum Gasteiger partial charge on any atom is -0.289 e. The van der Waals surface area contributed by atoms with Crippen molar-refractivity contribution >= 4 is 22.4 Å². The molecule has 0 bridgehead atoms. The Morgan fingerprint density at radius 2 is 1.65 bits per heavy atom. The molecular formula is C17H10N2O4. The Morgan fingerprint density at radius 1 is 0.957 bits per heavy atom. The molecule has 0 saturated heterocycles. The summed E-state index contributed by atoms with van der Waals surface area (Å²) in [5, 5.41) is 11.1. The molecule has 6 heteroatoms. The van der Waals surface area contributed by atoms with Crippen molar-refractivity contribution in [3.8, 4) is 0 Å². The highest BCUT2D eigenvalue weighted by Gasteiger charge is 2.13. The van der Waals surface area contributed by atoms with E-state index in [9.17, 15) is 19.7 Å². The topological polar surface area (TPSA) is 90.2 Å². The predicted molar refractivity (Wildman–Crippen MR) is 84.5 cm³/mol. The first-order valence-corrected chi connectivity index (χ1v) is 6.75. The molecule has 0 saturated carbocycles. The molecule has 1 aromatic heterocycles. The quantitative estimate of drug-likeness (QED) is 0.421. The van der Waals surface area contributed by atoms with Crippen LogP contribution in [0.2, 0.25) is 0 Å². The van der Waals surface area contributed by atoms with E-state index in [1.54, 1.807) is 24.3 Å². The molecule has 23 heavy (non-hydrogen) atoms. The molecule has 0 atom stereocenters. The SMILES string of the molecule is O=C(c1ccc([N+](=O)[O-])cc1)c1ccc(=O)c2ccccc2n1. The van der Waals surface area contributed by atoms with Crippen LogP contribution in [0.25, 0.3) is 10.9 Å². The lowest BCUT2D eigenvalue weighted by Gasteiger charge is -1.99. The van der Waals surface area contributed by atoms with Crippen LogP contribution in [0.1, 0.15) is 16.1 Å². The molecule has 0 radical (unpaired) electrons. The van der Waals surface area contributed by atoms with Gasteiger partial charge in [-0.15, -0.1) is 0 Å². The van der Waals surface area contributed by atoms with E-state index in [0.29, 0.717) is 10.9 Å². The highest BCUT2D eigenvalue weighted by atomic mass is 16.6. The zero-order chi connectivity index (χ0) is 16.4. The van der Waals surface area contributed by atoms with Gasteiger partial charge in [-0.25, -0.2) is 4.98 Å². The summed E-state index contributed by atoms with van der Waals surface area (Å²) >= 11 is 0. The summed E-state index contributed by atoms with van der Waals surface area (Å²) in [5.41, 5.74) is 0.479. The molecule has 0 amide bonds. The van der Waals surface area contributed by atoms with Gasteiger partial charge in [0.1, 0.15) is 5.69 Å². The Bertz CT molecular complexity index is 981. The van der Waals surface area contributed by atoms with Crippen LogP contribution in [-0.4, -0.2) is 15.7 Å². The third-order valence-electron chi connectivity index (χ3n) is 3.38. The zero-order valence-corrected chi connectivity index (χ0v) is 11.8. The normalized spacial score (nSPS) is 10.4. The van der Waals surface area contributed by atoms with Crippen molar-refractivity contribution in [3.63, 3.8) is 0 Å². The van der Waals surface area contributed by atoms with Crippen molar-refractivity contribution in [1.82, 2.24) is 4.98 Å². The van der Waals surface area contributed by atoms with Crippen molar-refractivity contribution in [2.24, 2.45) is 0 Å². The molecule has 0 N–H and O–H groups in total. The lowest BCUT2D eigenvalue weighted by molar-refractivity contribution is -0.384. The fourth-order valence-electron chi connectivity index (χ4n) is 2.20. The minimum absolute atomic E-state index is 0.0968. The van der Waals surface area contributed by atoms with E-state index in [1.807, 2.05) is 0 Å². The summed E-state index contributed by atoms with van der Waals surface area (Å²) in [4.78, 5) is 38.8. The van der Waals surface area contributed by atoms with Crippen molar-refractivity contribution in [1.29, 1.82) is 0 Å². The number of hydrogen-bond donors (Lipinski definition) is 0. The Balaban J connectivity index is 2.09. The number of para-hydroxylation sites is 1. The molecule has 0 aliphatic rings. The van der Waals surface area contributed by atoms with E-state index in [1.165, 1.54) is 36.4 Å². The number of non-ortho nitro benzene ring substituents is 1. The third kappa shape index (κ3) is 2.82. The van der Waals surface area contributed by atoms with Crippen LogP contribution in [0.3, 0.4) is 0 Å². The second-order valence-electron chi connectivity index (χ2n) is 4.84. The van der Waals surface area contributed by atoms with Gasteiger partial charge in [-0.2, -0.15) is 0 Å². The second-order valence-corrected chi connectivity index (χ2v) is 4.84. The Kier molecular flexibility index (Phi) is 3.64. The Morgan fingerprint density at radius 3 is 2.35 bits per heavy atom. The van der Waals surface area contributed by atoms with E-state index in [0.717, 1.165) is 0 Å². The molecule has 0 aliphatic carbocycles. The van der Waals surface area contributed by atoms with Gasteiger partial charge in [0.25, 0.3) is 5.69 Å². The number of carbonyl (C=O) groups is 1. The van der Waals surface area contributed by atoms with Crippen LogP contribution in [0.15, 0.2) is 65.5 Å². The molecule has 6 nitrogen and oxygen atoms in total. The lowest BCUT2D eigenvalue weighted by Crippen LogP contribution is -2.02. The first-order chi connectivity index (χ1) is 11.1. The monoisotopic (exact) mass is 306 g/mol. The van der Waals surface area contributed by atoms with E-state index in [2.05, 4.69) is 4.98 Å². The summed E-state index contributed by atoms with van der Waals surface area (Å²) in [6, 6.07) is 14.7. The van der Waals surface area contributed by atoms with Gasteiger partial charge < -0.3 is 0 Å². The first kappa shape index (κ1) is 14.5. The summed E-state index contributed by atoms with van der Waals surface area (Å²) in [7, 11) is 0. The van der Waals surface area contributed by atoms with Crippen molar-refractivity contribution in [2.45, 2.75) is 0 Å². The highest BCUT2D eigenvalue weighted by molar-refractivity contribution is 6.08. The highest BCUT2D eigenvalue weighted by Crippen LogP contribution is 2.15. The summed E-state index contributed by atoms with van der Waals surface area (Å²) < 4.78 is 0. The minimum atomic E-state index is -0.535. The zero-order valence-electron chi connectivity index (χ0n) is 11.8. The summed E-state index contributed by atoms with van der Waals surface area (Å²) in [6.45, 7) is 0. The van der Waals surface area contributed by atoms with Crippen LogP contribution in [0, 0.1) is 10.1 Å². The van der Waals surface area contributed by atoms with Crippen molar-refractivity contribution in [2.75, 3.05) is 0 Å². The fourth-order valence-corrected chi connectivity index (χ4v) is 2.20. The number of nitro benzene ring substituents is 1. The molecule has 112 valence electrons. The first-order valence-electron chi connectivity index (χ1n) is 6.75. The number of benzene rings is 2. The van der Waals surface area contributed by atoms with Crippen LogP contribution >= 0.6 is 0 Å². The Labute approximate surface area is 130 Å². The number of nitro groups is 1. The fraction of sp³-hybridized carbons (Fsp3) is 0. The van der Waals surface area contributed by atoms with Gasteiger partial charge in [0.05, 0.1) is 10.4 Å². The van der Waals surface area contributed by atoms with Gasteiger partial charge in [-0.3, -0.25) is 19.7 Å². The third-order valence-corrected chi connectivity index (χ3v) is 3.38.